The Morgan fingerprint density at radius 2 is 1.77 bits per heavy atom. The Morgan fingerprint density at radius 1 is 1.07 bits per heavy atom. The van der Waals surface area contributed by atoms with E-state index in [1.165, 1.54) is 19.2 Å². The molecule has 0 saturated carbocycles. The van der Waals surface area contributed by atoms with E-state index in [0.717, 1.165) is 17.5 Å². The second-order valence-electron chi connectivity index (χ2n) is 7.15. The molecule has 156 valence electrons. The van der Waals surface area contributed by atoms with Crippen LogP contribution in [0.15, 0.2) is 65.6 Å². The van der Waals surface area contributed by atoms with Crippen LogP contribution in [-0.4, -0.2) is 39.2 Å². The number of carbonyl (C=O) groups is 1. The van der Waals surface area contributed by atoms with E-state index in [2.05, 4.69) is 4.72 Å². The van der Waals surface area contributed by atoms with E-state index in [1.54, 1.807) is 24.3 Å². The Hall–Kier alpha value is -3.26. The number of sulfonamides is 1. The molecular weight excluding hydrogens is 404 g/mol. The number of rotatable bonds is 6. The van der Waals surface area contributed by atoms with Gasteiger partial charge < -0.3 is 14.7 Å². The highest BCUT2D eigenvalue weighted by Gasteiger charge is 2.31. The van der Waals surface area contributed by atoms with Crippen molar-refractivity contribution in [3.8, 4) is 5.75 Å². The van der Waals surface area contributed by atoms with Crippen LogP contribution >= 0.6 is 0 Å². The van der Waals surface area contributed by atoms with Gasteiger partial charge in [-0.15, -0.1) is 0 Å². The second kappa shape index (κ2) is 7.87. The summed E-state index contributed by atoms with van der Waals surface area (Å²) in [6.45, 7) is 0.651. The molecule has 0 unspecified atom stereocenters. The molecule has 4 rings (SSSR count). The maximum absolute atomic E-state index is 12.9. The van der Waals surface area contributed by atoms with Gasteiger partial charge in [0.05, 0.1) is 17.7 Å². The number of carboxylic acid groups (broad SMARTS) is 1. The van der Waals surface area contributed by atoms with Gasteiger partial charge in [0.15, 0.2) is 0 Å². The summed E-state index contributed by atoms with van der Waals surface area (Å²) in [5.41, 5.74) is 1.24. The van der Waals surface area contributed by atoms with E-state index < -0.39 is 22.0 Å². The number of nitrogens with zero attached hydrogens (tertiary/aromatic N) is 1. The summed E-state index contributed by atoms with van der Waals surface area (Å²) in [5.74, 6) is -0.275. The number of ether oxygens (including phenoxy) is 1. The molecule has 1 aliphatic rings. The second-order valence-corrected chi connectivity index (χ2v) is 8.83. The minimum absolute atomic E-state index is 0.127. The number of fused-ring (bicyclic) bond motifs is 1. The highest BCUT2D eigenvalue weighted by molar-refractivity contribution is 7.92. The molecular formula is C22H22N2O5S. The van der Waals surface area contributed by atoms with E-state index in [4.69, 9.17) is 4.74 Å². The fourth-order valence-electron chi connectivity index (χ4n) is 3.89. The molecule has 1 saturated heterocycles. The zero-order chi connectivity index (χ0) is 21.3. The average molecular weight is 426 g/mol. The minimum atomic E-state index is -3.80. The van der Waals surface area contributed by atoms with E-state index in [9.17, 15) is 18.3 Å². The fraction of sp³-hybridized carbons (Fsp3) is 0.227. The summed E-state index contributed by atoms with van der Waals surface area (Å²) in [6, 6.07) is 16.5. The first-order valence-electron chi connectivity index (χ1n) is 9.59. The largest absolute Gasteiger partial charge is 0.497 e. The lowest BCUT2D eigenvalue weighted by Gasteiger charge is -2.26. The first-order chi connectivity index (χ1) is 14.4. The van der Waals surface area contributed by atoms with E-state index in [0.29, 0.717) is 29.8 Å². The van der Waals surface area contributed by atoms with Gasteiger partial charge in [-0.05, 0) is 49.2 Å². The van der Waals surface area contributed by atoms with Crippen LogP contribution in [0.25, 0.3) is 10.8 Å². The molecule has 3 aromatic carbocycles. The normalized spacial score (nSPS) is 16.6. The van der Waals surface area contributed by atoms with Crippen LogP contribution in [0, 0.1) is 0 Å². The Bertz CT molecular complexity index is 1190. The molecule has 1 fully saturated rings. The molecule has 3 aromatic rings. The number of methoxy groups -OCH3 is 1. The van der Waals surface area contributed by atoms with Gasteiger partial charge in [-0.25, -0.2) is 13.2 Å². The van der Waals surface area contributed by atoms with Crippen LogP contribution in [0.5, 0.6) is 5.75 Å². The minimum Gasteiger partial charge on any atom is -0.497 e. The predicted octanol–water partition coefficient (Wildman–Crippen LogP) is 3.70. The van der Waals surface area contributed by atoms with E-state index >= 15 is 0 Å². The summed E-state index contributed by atoms with van der Waals surface area (Å²) >= 11 is 0. The van der Waals surface area contributed by atoms with Crippen molar-refractivity contribution < 1.29 is 23.1 Å². The average Bonchev–Trinajstić information content (AvgIpc) is 3.24. The summed E-state index contributed by atoms with van der Waals surface area (Å²) in [6.07, 6.45) is 1.40. The maximum atomic E-state index is 12.9. The van der Waals surface area contributed by atoms with Gasteiger partial charge >= 0.3 is 5.97 Å². The van der Waals surface area contributed by atoms with Crippen molar-refractivity contribution in [3.05, 3.63) is 60.7 Å². The zero-order valence-electron chi connectivity index (χ0n) is 16.4. The number of aliphatic carboxylic acids is 1. The Balaban J connectivity index is 1.73. The zero-order valence-corrected chi connectivity index (χ0v) is 17.2. The Labute approximate surface area is 174 Å². The highest BCUT2D eigenvalue weighted by Crippen LogP contribution is 2.36. The Morgan fingerprint density at radius 3 is 2.43 bits per heavy atom. The van der Waals surface area contributed by atoms with Crippen molar-refractivity contribution in [3.63, 3.8) is 0 Å². The van der Waals surface area contributed by atoms with Crippen molar-refractivity contribution in [1.29, 1.82) is 0 Å². The van der Waals surface area contributed by atoms with Crippen LogP contribution in [0.4, 0.5) is 11.4 Å². The summed E-state index contributed by atoms with van der Waals surface area (Å²) < 4.78 is 33.5. The number of nitrogens with one attached hydrogen (secondary N) is 1. The van der Waals surface area contributed by atoms with E-state index in [-0.39, 0.29) is 4.90 Å². The Kier molecular flexibility index (Phi) is 5.26. The molecule has 30 heavy (non-hydrogen) atoms. The lowest BCUT2D eigenvalue weighted by atomic mass is 10.1. The third kappa shape index (κ3) is 3.66. The fourth-order valence-corrected chi connectivity index (χ4v) is 4.97. The molecule has 0 amide bonds. The van der Waals surface area contributed by atoms with Crippen molar-refractivity contribution >= 4 is 38.1 Å². The first-order valence-corrected chi connectivity index (χ1v) is 11.1. The molecule has 0 spiro atoms. The molecule has 1 heterocycles. The van der Waals surface area contributed by atoms with E-state index in [1.807, 2.05) is 29.2 Å². The number of benzene rings is 3. The van der Waals surface area contributed by atoms with Crippen molar-refractivity contribution in [2.45, 2.75) is 23.8 Å². The molecule has 0 bridgehead atoms. The number of hydrogen-bond acceptors (Lipinski definition) is 5. The third-order valence-corrected chi connectivity index (χ3v) is 6.74. The van der Waals surface area contributed by atoms with Gasteiger partial charge in [0.25, 0.3) is 10.0 Å². The van der Waals surface area contributed by atoms with Gasteiger partial charge in [-0.3, -0.25) is 4.72 Å². The topological polar surface area (TPSA) is 95.9 Å². The van der Waals surface area contributed by atoms with Gasteiger partial charge in [0.1, 0.15) is 11.8 Å². The lowest BCUT2D eigenvalue weighted by Crippen LogP contribution is -2.36. The number of hydrogen-bond donors (Lipinski definition) is 2. The summed E-state index contributed by atoms with van der Waals surface area (Å²) in [7, 11) is -2.28. The molecule has 2 N–H and O–H groups in total. The SMILES string of the molecule is COc1ccc(S(=O)(=O)Nc2ccc(N3CCC[C@@H]3C(=O)O)c3ccccc23)cc1. The highest BCUT2D eigenvalue weighted by atomic mass is 32.2. The molecule has 7 nitrogen and oxygen atoms in total. The lowest BCUT2D eigenvalue weighted by molar-refractivity contribution is -0.138. The van der Waals surface area contributed by atoms with Crippen LogP contribution in [-0.2, 0) is 14.8 Å². The van der Waals surface area contributed by atoms with Crippen molar-refractivity contribution in [2.24, 2.45) is 0 Å². The van der Waals surface area contributed by atoms with Crippen molar-refractivity contribution in [1.82, 2.24) is 0 Å². The van der Waals surface area contributed by atoms with Gasteiger partial charge in [0, 0.05) is 23.0 Å². The van der Waals surface area contributed by atoms with Crippen LogP contribution in [0.3, 0.4) is 0 Å². The van der Waals surface area contributed by atoms with Crippen LogP contribution in [0.1, 0.15) is 12.8 Å². The third-order valence-electron chi connectivity index (χ3n) is 5.36. The number of carboxylic acids is 1. The first kappa shape index (κ1) is 20.0. The van der Waals surface area contributed by atoms with Crippen LogP contribution in [0.2, 0.25) is 0 Å². The summed E-state index contributed by atoms with van der Waals surface area (Å²) in [5, 5.41) is 11.1. The monoisotopic (exact) mass is 426 g/mol. The van der Waals surface area contributed by atoms with Gasteiger partial charge in [0.2, 0.25) is 0 Å². The standard InChI is InChI=1S/C22H22N2O5S/c1-29-15-8-10-16(11-9-15)30(27,28)23-19-12-13-20(18-6-3-2-5-17(18)19)24-14-4-7-21(24)22(25)26/h2-3,5-6,8-13,21,23H,4,7,14H2,1H3,(H,25,26)/t21-/m1/s1. The molecule has 8 heteroatoms. The smallest absolute Gasteiger partial charge is 0.326 e. The number of anilines is 2. The van der Waals surface area contributed by atoms with Gasteiger partial charge in [-0.1, -0.05) is 24.3 Å². The quantitative estimate of drug-likeness (QED) is 0.624. The molecule has 0 radical (unpaired) electrons. The maximum Gasteiger partial charge on any atom is 0.326 e. The van der Waals surface area contributed by atoms with Crippen LogP contribution < -0.4 is 14.4 Å². The molecule has 1 atom stereocenters. The van der Waals surface area contributed by atoms with Gasteiger partial charge in [-0.2, -0.15) is 0 Å². The molecule has 0 aromatic heterocycles. The van der Waals surface area contributed by atoms with Crippen molar-refractivity contribution in [2.75, 3.05) is 23.3 Å². The molecule has 0 aliphatic carbocycles. The summed E-state index contributed by atoms with van der Waals surface area (Å²) in [4.78, 5) is 13.6. The predicted molar refractivity (Wildman–Crippen MR) is 116 cm³/mol. The molecule has 1 aliphatic heterocycles.